The van der Waals surface area contributed by atoms with Crippen molar-refractivity contribution in [2.45, 2.75) is 156 Å². The molecule has 7 aliphatic rings. The molecule has 2 fully saturated rings. The molecule has 8 heterocycles. The van der Waals surface area contributed by atoms with E-state index in [-0.39, 0.29) is 51.9 Å². The second-order valence-electron chi connectivity index (χ2n) is 31.0. The number of nitrogens with two attached hydrogens (primary N) is 2. The van der Waals surface area contributed by atoms with E-state index in [0.29, 0.717) is 22.7 Å². The molecule has 11 bridgehead atoms. The monoisotopic (exact) mass is 1750 g/mol. The van der Waals surface area contributed by atoms with Crippen molar-refractivity contribution >= 4 is 82.1 Å². The van der Waals surface area contributed by atoms with Gasteiger partial charge in [-0.05, 0) is 152 Å². The minimum absolute atomic E-state index is 0.115. The molecule has 7 aliphatic heterocycles. The fourth-order valence-electron chi connectivity index (χ4n) is 15.0. The zero-order chi connectivity index (χ0) is 89.2. The Morgan fingerprint density at radius 3 is 1.97 bits per heavy atom. The molecule has 41 heteroatoms. The zero-order valence-corrected chi connectivity index (χ0v) is 68.5. The van der Waals surface area contributed by atoms with E-state index in [4.69, 9.17) is 67.8 Å². The molecule has 0 saturated carbocycles. The Morgan fingerprint density at radius 1 is 0.710 bits per heavy atom. The fraction of sp³-hybridized carbons (Fsp3) is 0.361. The van der Waals surface area contributed by atoms with Gasteiger partial charge in [0.25, 0.3) is 0 Å². The van der Waals surface area contributed by atoms with E-state index in [1.165, 1.54) is 40.1 Å². The number of halogens is 2. The van der Waals surface area contributed by atoms with Crippen molar-refractivity contribution in [3.63, 3.8) is 0 Å². The first kappa shape index (κ1) is 89.4. The molecule has 0 radical (unpaired) electrons. The first-order chi connectivity index (χ1) is 59.0. The molecular formula is C83H90Cl2N14O25. The molecule has 0 aliphatic carbocycles. The number of benzene rings is 7. The molecule has 9 amide bonds. The summed E-state index contributed by atoms with van der Waals surface area (Å²) < 4.78 is 45.5. The maximum atomic E-state index is 16.3. The first-order valence-electron chi connectivity index (χ1n) is 39.0. The highest BCUT2D eigenvalue weighted by Crippen LogP contribution is 2.50. The van der Waals surface area contributed by atoms with Gasteiger partial charge in [0.15, 0.2) is 23.9 Å². The Hall–Kier alpha value is -12.4. The van der Waals surface area contributed by atoms with Crippen LogP contribution in [-0.2, 0) is 57.4 Å². The zero-order valence-electron chi connectivity index (χ0n) is 66.9. The number of nitrogens with one attached hydrogen (secondary N) is 9. The van der Waals surface area contributed by atoms with Crippen LogP contribution in [0.4, 0.5) is 5.69 Å². The molecule has 0 spiro atoms. The van der Waals surface area contributed by atoms with Crippen LogP contribution in [0.2, 0.25) is 10.0 Å². The lowest BCUT2D eigenvalue weighted by Crippen LogP contribution is -2.64. The van der Waals surface area contributed by atoms with Crippen LogP contribution in [0.3, 0.4) is 0 Å². The highest BCUT2D eigenvalue weighted by molar-refractivity contribution is 6.32. The Morgan fingerprint density at radius 2 is 1.35 bits per heavy atom. The third-order valence-electron chi connectivity index (χ3n) is 21.5. The number of aliphatic hydroxyl groups is 6. The van der Waals surface area contributed by atoms with Crippen LogP contribution < -0.4 is 78.3 Å². The molecule has 1 aromatic heterocycles. The molecule has 2 saturated heterocycles. The number of aromatic hydroxyl groups is 3. The van der Waals surface area contributed by atoms with Gasteiger partial charge in [0, 0.05) is 40.4 Å². The Labute approximate surface area is 715 Å². The predicted molar refractivity (Wildman–Crippen MR) is 437 cm³/mol. The molecule has 7 aromatic carbocycles. The summed E-state index contributed by atoms with van der Waals surface area (Å²) in [7, 11) is 3.01. The summed E-state index contributed by atoms with van der Waals surface area (Å²) in [4.78, 5) is 135. The Kier molecular flexibility index (Phi) is 27.0. The number of aromatic nitrogens is 3. The first-order valence-corrected chi connectivity index (χ1v) is 39.7. The highest BCUT2D eigenvalue weighted by atomic mass is 35.5. The smallest absolute Gasteiger partial charge is 0.248 e. The Balaban J connectivity index is 0.943. The average molecular weight is 1750 g/mol. The summed E-state index contributed by atoms with van der Waals surface area (Å²) in [6.07, 6.45) is -17.2. The third-order valence-corrected chi connectivity index (χ3v) is 22.1. The van der Waals surface area contributed by atoms with Crippen LogP contribution in [-0.4, -0.2) is 220 Å². The largest absolute Gasteiger partial charge is 0.508 e. The van der Waals surface area contributed by atoms with E-state index in [1.54, 1.807) is 59.4 Å². The Bertz CT molecular complexity index is 5420. The van der Waals surface area contributed by atoms with Gasteiger partial charge in [-0.25, -0.2) is 4.68 Å². The highest BCUT2D eigenvalue weighted by Gasteiger charge is 2.52. The van der Waals surface area contributed by atoms with E-state index in [0.717, 1.165) is 66.7 Å². The lowest BCUT2D eigenvalue weighted by atomic mass is 9.86. The van der Waals surface area contributed by atoms with Gasteiger partial charge in [-0.2, -0.15) is 0 Å². The number of ether oxygens (including phenoxy) is 7. The van der Waals surface area contributed by atoms with Crippen LogP contribution >= 0.6 is 23.2 Å². The molecule has 3 unspecified atom stereocenters. The summed E-state index contributed by atoms with van der Waals surface area (Å²) in [6.45, 7) is 4.80. The van der Waals surface area contributed by atoms with E-state index in [9.17, 15) is 60.3 Å². The van der Waals surface area contributed by atoms with Crippen LogP contribution in [0.25, 0.3) is 28.1 Å². The molecule has 22 N–H and O–H groups in total. The third kappa shape index (κ3) is 19.5. The van der Waals surface area contributed by atoms with Crippen LogP contribution in [0, 0.1) is 5.92 Å². The topological polar surface area (TPSA) is 591 Å². The average Bonchev–Trinajstić information content (AvgIpc) is 0.788. The van der Waals surface area contributed by atoms with Crippen molar-refractivity contribution in [2.24, 2.45) is 17.4 Å². The van der Waals surface area contributed by atoms with Crippen LogP contribution in [0.5, 0.6) is 51.7 Å². The molecule has 39 nitrogen and oxygen atoms in total. The van der Waals surface area contributed by atoms with E-state index in [2.05, 4.69) is 58.2 Å². The second-order valence-corrected chi connectivity index (χ2v) is 31.8. The molecule has 124 heavy (non-hydrogen) atoms. The van der Waals surface area contributed by atoms with Gasteiger partial charge in [0.1, 0.15) is 107 Å². The number of likely N-dealkylation sites (N-methyl/N-ethyl adjacent to an activating group) is 1. The minimum Gasteiger partial charge on any atom is -0.508 e. The van der Waals surface area contributed by atoms with Crippen molar-refractivity contribution < 1.29 is 122 Å². The fourth-order valence-corrected chi connectivity index (χ4v) is 15.4. The number of primary amides is 1. The predicted octanol–water partition coefficient (Wildman–Crippen LogP) is 2.03. The van der Waals surface area contributed by atoms with Crippen molar-refractivity contribution in [1.82, 2.24) is 57.5 Å². The molecule has 656 valence electrons. The molecular weight excluding hydrogens is 1660 g/mol. The summed E-state index contributed by atoms with van der Waals surface area (Å²) in [5, 5.41) is 136. The van der Waals surface area contributed by atoms with Crippen LogP contribution in [0.1, 0.15) is 105 Å². The van der Waals surface area contributed by atoms with Crippen molar-refractivity contribution in [3.8, 4) is 79.8 Å². The summed E-state index contributed by atoms with van der Waals surface area (Å²) >= 11 is 14.3. The molecule has 8 aromatic rings. The normalized spacial score (nSPS) is 26.0. The van der Waals surface area contributed by atoms with Gasteiger partial charge in [-0.15, -0.1) is 5.10 Å². The minimum atomic E-state index is -2.39. The SMILES string of the molecule is CN[C@H](CC(C)C)C(=O)N[C@H]1C(=O)N[C@@H](CC(N)=O)C(=O)NC2C(=O)N[C@H]3C(=O)N[C@H](C(=O)NC(C(=O)NCC(=O)Nc4ccc(-c5cn(-c6ccc(OC)cc6)nn5)cc4)c4cc(O)cc(O)c4-c4cc3ccc4O)[C@H](O)c3ccc(c(Cl)c3)Oc3cc2cc(c3O[C@@H]2O[C@H](CO)[C@@H](O)[C@H](O)[C@H]2OC2C[C@](C)(N)[C@H](O)[C@H](C)O2)Oc2ccc(cc2Cl)[C@H]1O. The maximum absolute atomic E-state index is 16.3. The number of carbonyl (C=O) groups excluding carboxylic acids is 9. The van der Waals surface area contributed by atoms with Gasteiger partial charge in [-0.1, -0.05) is 72.6 Å². The van der Waals surface area contributed by atoms with Crippen molar-refractivity contribution in [3.05, 3.63) is 171 Å². The lowest BCUT2D eigenvalue weighted by molar-refractivity contribution is -0.333. The number of carbonyl (C=O) groups is 9. The second kappa shape index (κ2) is 37.4. The quantitative estimate of drug-likeness (QED) is 0.0551. The number of aliphatic hydroxyl groups excluding tert-OH is 6. The van der Waals surface area contributed by atoms with E-state index < -0.39 is 250 Å². The maximum Gasteiger partial charge on any atom is 0.248 e. The molecule has 18 atom stereocenters. The van der Waals surface area contributed by atoms with Gasteiger partial charge in [0.2, 0.25) is 65.2 Å². The van der Waals surface area contributed by atoms with Gasteiger partial charge >= 0.3 is 0 Å². The number of amides is 9. The van der Waals surface area contributed by atoms with Gasteiger partial charge in [0.05, 0.1) is 66.9 Å². The van der Waals surface area contributed by atoms with Gasteiger partial charge < -0.3 is 138 Å². The van der Waals surface area contributed by atoms with Crippen molar-refractivity contribution in [1.29, 1.82) is 0 Å². The van der Waals surface area contributed by atoms with Crippen LogP contribution in [0.15, 0.2) is 134 Å². The van der Waals surface area contributed by atoms with E-state index >= 15 is 28.8 Å². The van der Waals surface area contributed by atoms with Crippen molar-refractivity contribution in [2.75, 3.05) is 32.6 Å². The number of phenols is 3. The number of fused-ring (bicyclic) bond motifs is 15. The number of methoxy groups -OCH3 is 1. The van der Waals surface area contributed by atoms with E-state index in [1.807, 2.05) is 13.8 Å². The number of rotatable bonds is 19. The van der Waals surface area contributed by atoms with Gasteiger partial charge in [-0.3, -0.25) is 43.2 Å². The standard InChI is InChI=1S/C83H90Cl2N14O25/c1-34(2)21-49(88-5)75(111)95-66-68(106)38-10-19-54(47(84)23-38)120-56-25-40-26-57(72(56)124-82-73(71(109)70(108)58(33-100)122-82)123-61-30-83(4,87)74(110)35(3)119-61)121-55-20-11-39(24-48(55)85)69(107)67-81(117)94-65(77(113)89-31-60(105)90-41-12-7-36(8-13-41)51-32-99(98-97-51)42-14-16-44(118-6)17-15-42)46-27-43(101)28-53(103)62(46)45-22-37(9-18-52(45)102)63(78(114)96-67)93-79(115)64(40)92-76(112)50(29-59(86)104)91-80(66)116/h7-20,22-28,32,34-35,49-50,58,61,63-71,73-74,82,88,100-103,106-110H,21,29-31,33,87H2,1-6H3,(H2,86,104)(H,89,113)(H,90,105)(H,91,116)(H,92,112)(H,93,115)(H,94,117)(H,95,111)(H,96,114)/t35-,49+,50-,58+,61?,63+,64?,65?,66+,67-,68+,69+,70+,71-,73+,74+,82-,83-/m0/s1. The summed E-state index contributed by atoms with van der Waals surface area (Å²) in [5.41, 5.74) is 10.1. The number of hydrogen-bond donors (Lipinski definition) is 20. The number of hydrogen-bond acceptors (Lipinski definition) is 29. The molecule has 15 rings (SSSR count). The number of anilines is 1. The number of phenolic OH excluding ortho intramolecular Hbond substituents is 3. The lowest BCUT2D eigenvalue weighted by Gasteiger charge is -2.47. The summed E-state index contributed by atoms with van der Waals surface area (Å²) in [5.74, 6) is -15.8. The summed E-state index contributed by atoms with van der Waals surface area (Å²) in [6, 6.07) is 12.8. The number of nitrogens with zero attached hydrogens (tertiary/aromatic N) is 3.